The first kappa shape index (κ1) is 19.5. The van der Waals surface area contributed by atoms with Crippen LogP contribution in [0.2, 0.25) is 0 Å². The van der Waals surface area contributed by atoms with Gasteiger partial charge in [-0.25, -0.2) is 8.78 Å². The molecule has 1 aromatic carbocycles. The fourth-order valence-corrected chi connectivity index (χ4v) is 4.11. The fraction of sp³-hybridized carbons (Fsp3) is 0.211. The molecule has 3 N–H and O–H groups in total. The van der Waals surface area contributed by atoms with E-state index in [1.165, 1.54) is 12.1 Å². The summed E-state index contributed by atoms with van der Waals surface area (Å²) >= 11 is 1.54. The van der Waals surface area contributed by atoms with Crippen molar-refractivity contribution in [3.8, 4) is 22.4 Å². The number of aromatic nitrogens is 1. The van der Waals surface area contributed by atoms with Crippen molar-refractivity contribution >= 4 is 29.7 Å². The van der Waals surface area contributed by atoms with E-state index in [9.17, 15) is 13.6 Å². The van der Waals surface area contributed by atoms with Crippen LogP contribution < -0.4 is 11.1 Å². The first-order valence-electron chi connectivity index (χ1n) is 8.31. The zero-order valence-electron chi connectivity index (χ0n) is 14.2. The number of nitrogens with zero attached hydrogens (tertiary/aromatic N) is 1. The van der Waals surface area contributed by atoms with Gasteiger partial charge in [-0.05, 0) is 48.2 Å². The van der Waals surface area contributed by atoms with Gasteiger partial charge in [0.05, 0.1) is 11.7 Å². The molecule has 2 aromatic heterocycles. The number of benzene rings is 1. The third kappa shape index (κ3) is 3.38. The maximum absolute atomic E-state index is 13.8. The molecule has 0 saturated heterocycles. The Hall–Kier alpha value is -2.22. The molecule has 0 saturated carbocycles. The summed E-state index contributed by atoms with van der Waals surface area (Å²) in [5.41, 5.74) is 9.28. The Morgan fingerprint density at radius 3 is 2.67 bits per heavy atom. The Morgan fingerprint density at radius 2 is 2.00 bits per heavy atom. The number of carbonyl (C=O) groups is 1. The van der Waals surface area contributed by atoms with E-state index in [0.29, 0.717) is 36.3 Å². The Kier molecular flexibility index (Phi) is 5.64. The van der Waals surface area contributed by atoms with Gasteiger partial charge >= 0.3 is 0 Å². The lowest BCUT2D eigenvalue weighted by Crippen LogP contribution is -2.39. The fourth-order valence-electron chi connectivity index (χ4n) is 3.47. The predicted octanol–water partition coefficient (Wildman–Crippen LogP) is 4.22. The molecule has 4 nitrogen and oxygen atoms in total. The van der Waals surface area contributed by atoms with Crippen molar-refractivity contribution in [2.24, 2.45) is 5.73 Å². The summed E-state index contributed by atoms with van der Waals surface area (Å²) in [7, 11) is 0. The molecule has 3 heterocycles. The average molecular weight is 410 g/mol. The first-order chi connectivity index (χ1) is 12.6. The van der Waals surface area contributed by atoms with Crippen LogP contribution in [-0.2, 0) is 0 Å². The molecule has 4 rings (SSSR count). The number of thiophene rings is 1. The molecule has 0 radical (unpaired) electrons. The topological polar surface area (TPSA) is 60.0 Å². The lowest BCUT2D eigenvalue weighted by molar-refractivity contribution is 0.0914. The quantitative estimate of drug-likeness (QED) is 0.677. The molecule has 8 heteroatoms. The maximum Gasteiger partial charge on any atom is 0.268 e. The number of carbonyl (C=O) groups excluding carboxylic acids is 1. The van der Waals surface area contributed by atoms with E-state index in [0.717, 1.165) is 17.3 Å². The van der Waals surface area contributed by atoms with Crippen molar-refractivity contribution in [1.29, 1.82) is 0 Å². The second-order valence-electron chi connectivity index (χ2n) is 6.24. The average Bonchev–Trinajstić information content (AvgIpc) is 3.27. The zero-order chi connectivity index (χ0) is 18.3. The van der Waals surface area contributed by atoms with E-state index in [4.69, 9.17) is 5.73 Å². The van der Waals surface area contributed by atoms with Crippen LogP contribution in [0.1, 0.15) is 23.0 Å². The van der Waals surface area contributed by atoms with Crippen molar-refractivity contribution in [3.63, 3.8) is 0 Å². The van der Waals surface area contributed by atoms with E-state index in [1.54, 1.807) is 17.4 Å². The molecule has 0 spiro atoms. The van der Waals surface area contributed by atoms with E-state index >= 15 is 0 Å². The van der Waals surface area contributed by atoms with Gasteiger partial charge in [0.15, 0.2) is 11.6 Å². The van der Waals surface area contributed by atoms with E-state index in [1.807, 2.05) is 21.4 Å². The molecular weight excluding hydrogens is 392 g/mol. The van der Waals surface area contributed by atoms with Crippen LogP contribution in [0.5, 0.6) is 0 Å². The van der Waals surface area contributed by atoms with E-state index in [2.05, 4.69) is 5.32 Å². The second kappa shape index (κ2) is 7.80. The van der Waals surface area contributed by atoms with Crippen LogP contribution >= 0.6 is 23.7 Å². The van der Waals surface area contributed by atoms with Gasteiger partial charge in [-0.3, -0.25) is 4.79 Å². The highest BCUT2D eigenvalue weighted by Crippen LogP contribution is 2.40. The van der Waals surface area contributed by atoms with E-state index < -0.39 is 11.6 Å². The molecule has 0 bridgehead atoms. The van der Waals surface area contributed by atoms with Crippen LogP contribution in [0.25, 0.3) is 22.4 Å². The van der Waals surface area contributed by atoms with Gasteiger partial charge in [0, 0.05) is 23.1 Å². The smallest absolute Gasteiger partial charge is 0.268 e. The van der Waals surface area contributed by atoms with Gasteiger partial charge in [-0.15, -0.1) is 12.4 Å². The second-order valence-corrected chi connectivity index (χ2v) is 7.02. The summed E-state index contributed by atoms with van der Waals surface area (Å²) in [6, 6.07) is 7.53. The highest BCUT2D eigenvalue weighted by molar-refractivity contribution is 7.08. The van der Waals surface area contributed by atoms with Crippen molar-refractivity contribution < 1.29 is 13.6 Å². The van der Waals surface area contributed by atoms with Crippen LogP contribution in [0.3, 0.4) is 0 Å². The SMILES string of the molecule is Cl.NCCC1CNC(=O)c2cc(-c3ccc(F)c(F)c3)c(-c3ccsc3)n21. The third-order valence-electron chi connectivity index (χ3n) is 4.66. The highest BCUT2D eigenvalue weighted by atomic mass is 35.5. The summed E-state index contributed by atoms with van der Waals surface area (Å²) in [5.74, 6) is -1.98. The molecule has 3 aromatic rings. The number of halogens is 3. The highest BCUT2D eigenvalue weighted by Gasteiger charge is 2.30. The van der Waals surface area contributed by atoms with Crippen LogP contribution in [0, 0.1) is 11.6 Å². The summed E-state index contributed by atoms with van der Waals surface area (Å²) in [6.07, 6.45) is 0.705. The summed E-state index contributed by atoms with van der Waals surface area (Å²) < 4.78 is 29.2. The van der Waals surface area contributed by atoms with Gasteiger partial charge in [0.25, 0.3) is 5.91 Å². The molecule has 1 unspecified atom stereocenters. The minimum absolute atomic E-state index is 0. The van der Waals surface area contributed by atoms with Gasteiger partial charge in [0.2, 0.25) is 0 Å². The molecule has 142 valence electrons. The van der Waals surface area contributed by atoms with Crippen molar-refractivity contribution in [2.45, 2.75) is 12.5 Å². The minimum Gasteiger partial charge on any atom is -0.349 e. The van der Waals surface area contributed by atoms with Gasteiger partial charge < -0.3 is 15.6 Å². The monoisotopic (exact) mass is 409 g/mol. The summed E-state index contributed by atoms with van der Waals surface area (Å²) in [4.78, 5) is 12.4. The molecule has 27 heavy (non-hydrogen) atoms. The molecule has 0 aliphatic carbocycles. The number of hydrogen-bond acceptors (Lipinski definition) is 3. The third-order valence-corrected chi connectivity index (χ3v) is 5.34. The molecule has 1 amide bonds. The molecule has 0 fully saturated rings. The Morgan fingerprint density at radius 1 is 1.19 bits per heavy atom. The van der Waals surface area contributed by atoms with Gasteiger partial charge in [-0.1, -0.05) is 6.07 Å². The zero-order valence-corrected chi connectivity index (χ0v) is 15.9. The predicted molar refractivity (Wildman–Crippen MR) is 105 cm³/mol. The lowest BCUT2D eigenvalue weighted by atomic mass is 10.0. The van der Waals surface area contributed by atoms with Crippen LogP contribution in [0.4, 0.5) is 8.78 Å². The number of rotatable bonds is 4. The number of amides is 1. The van der Waals surface area contributed by atoms with E-state index in [-0.39, 0.29) is 24.4 Å². The first-order valence-corrected chi connectivity index (χ1v) is 9.26. The van der Waals surface area contributed by atoms with Crippen LogP contribution in [-0.4, -0.2) is 23.6 Å². The minimum atomic E-state index is -0.911. The molecule has 1 atom stereocenters. The molecule has 1 aliphatic rings. The number of nitrogens with one attached hydrogen (secondary N) is 1. The van der Waals surface area contributed by atoms with Crippen LogP contribution in [0.15, 0.2) is 41.1 Å². The number of hydrogen-bond donors (Lipinski definition) is 2. The van der Waals surface area contributed by atoms with Crippen molar-refractivity contribution in [1.82, 2.24) is 9.88 Å². The summed E-state index contributed by atoms with van der Waals surface area (Å²) in [5, 5.41) is 6.82. The Balaban J connectivity index is 0.00000210. The molecule has 1 aliphatic heterocycles. The largest absolute Gasteiger partial charge is 0.349 e. The Bertz CT molecular complexity index is 972. The van der Waals surface area contributed by atoms with Gasteiger partial charge in [-0.2, -0.15) is 11.3 Å². The lowest BCUT2D eigenvalue weighted by Gasteiger charge is -2.28. The number of nitrogens with two attached hydrogens (primary N) is 1. The van der Waals surface area contributed by atoms with Gasteiger partial charge in [0.1, 0.15) is 5.69 Å². The van der Waals surface area contributed by atoms with Crippen molar-refractivity contribution in [3.05, 3.63) is 58.4 Å². The van der Waals surface area contributed by atoms with Crippen molar-refractivity contribution in [2.75, 3.05) is 13.1 Å². The summed E-state index contributed by atoms with van der Waals surface area (Å²) in [6.45, 7) is 0.980. The standard InChI is InChI=1S/C19H17F2N3OS.ClH/c20-15-2-1-11(7-16(15)21)14-8-17-19(25)23-9-13(3-5-22)24(17)18(14)12-4-6-26-10-12;/h1-2,4,6-8,10,13H,3,5,9,22H2,(H,23,25);1H. The Labute approximate surface area is 165 Å². The maximum atomic E-state index is 13.8. The number of fused-ring (bicyclic) bond motifs is 1. The molecular formula is C19H18ClF2N3OS. The normalized spacial score (nSPS) is 15.8.